The zero-order valence-electron chi connectivity index (χ0n) is 16.2. The summed E-state index contributed by atoms with van der Waals surface area (Å²) < 4.78 is 5.58. The van der Waals surface area contributed by atoms with Crippen LogP contribution in [0.1, 0.15) is 56.3 Å². The number of nitrogens with zero attached hydrogens (tertiary/aromatic N) is 1. The molecule has 1 aliphatic carbocycles. The lowest BCUT2D eigenvalue weighted by molar-refractivity contribution is 0.338. The van der Waals surface area contributed by atoms with Crippen LogP contribution >= 0.6 is 24.0 Å². The van der Waals surface area contributed by atoms with E-state index in [0.29, 0.717) is 12.6 Å². The predicted octanol–water partition coefficient (Wildman–Crippen LogP) is 5.99. The van der Waals surface area contributed by atoms with Gasteiger partial charge in [-0.15, -0.1) is 11.8 Å². The molecule has 0 radical (unpaired) electrons. The van der Waals surface area contributed by atoms with E-state index < -0.39 is 0 Å². The summed E-state index contributed by atoms with van der Waals surface area (Å²) in [7, 11) is 0. The van der Waals surface area contributed by atoms with Gasteiger partial charge >= 0.3 is 0 Å². The van der Waals surface area contributed by atoms with Crippen molar-refractivity contribution in [3.8, 4) is 0 Å². The first-order valence-corrected chi connectivity index (χ1v) is 11.6. The Kier molecular flexibility index (Phi) is 8.09. The van der Waals surface area contributed by atoms with Crippen molar-refractivity contribution in [2.75, 3.05) is 6.26 Å². The van der Waals surface area contributed by atoms with Crippen molar-refractivity contribution in [3.63, 3.8) is 0 Å². The Morgan fingerprint density at radius 3 is 2.41 bits per heavy atom. The number of hydrogen-bond donors (Lipinski definition) is 1. The zero-order valence-corrected chi connectivity index (χ0v) is 17.8. The largest absolute Gasteiger partial charge is 0.467 e. The van der Waals surface area contributed by atoms with Crippen LogP contribution in [0, 0.1) is 0 Å². The van der Waals surface area contributed by atoms with Crippen molar-refractivity contribution in [2.24, 2.45) is 0 Å². The summed E-state index contributed by atoms with van der Waals surface area (Å²) in [5, 5.41) is 4.49. The minimum Gasteiger partial charge on any atom is -0.467 e. The lowest BCUT2D eigenvalue weighted by Crippen LogP contribution is -2.44. The Bertz CT molecular complexity index is 677. The first-order valence-electron chi connectivity index (χ1n) is 9.95. The highest BCUT2D eigenvalue weighted by Crippen LogP contribution is 2.19. The summed E-state index contributed by atoms with van der Waals surface area (Å²) in [4.78, 5) is 3.51. The smallest absolute Gasteiger partial charge is 0.169 e. The molecule has 2 aromatic rings. The van der Waals surface area contributed by atoms with Crippen LogP contribution in [0.3, 0.4) is 0 Å². The lowest BCUT2D eigenvalue weighted by Gasteiger charge is -2.29. The third-order valence-electron chi connectivity index (χ3n) is 5.18. The number of rotatable bonds is 6. The number of nitrogens with one attached hydrogen (secondary N) is 1. The van der Waals surface area contributed by atoms with Gasteiger partial charge in [0.05, 0.1) is 12.8 Å². The summed E-state index contributed by atoms with van der Waals surface area (Å²) in [6, 6.07) is 13.2. The van der Waals surface area contributed by atoms with Crippen molar-refractivity contribution in [3.05, 3.63) is 54.0 Å². The molecule has 0 spiro atoms. The van der Waals surface area contributed by atoms with E-state index in [1.165, 1.54) is 55.4 Å². The Balaban J connectivity index is 1.66. The number of benzene rings is 1. The molecule has 0 unspecified atom stereocenters. The first kappa shape index (κ1) is 20.3. The Labute approximate surface area is 172 Å². The van der Waals surface area contributed by atoms with E-state index in [1.54, 1.807) is 18.0 Å². The molecule has 3 nitrogen and oxygen atoms in total. The fourth-order valence-corrected chi connectivity index (χ4v) is 4.31. The minimum atomic E-state index is 0.496. The fourth-order valence-electron chi connectivity index (χ4n) is 3.61. The van der Waals surface area contributed by atoms with E-state index in [0.717, 1.165) is 17.4 Å². The molecule has 0 aliphatic heterocycles. The molecular weight excluding hydrogens is 372 g/mol. The van der Waals surface area contributed by atoms with E-state index in [4.69, 9.17) is 16.6 Å². The van der Waals surface area contributed by atoms with Gasteiger partial charge in [-0.3, -0.25) is 0 Å². The van der Waals surface area contributed by atoms with Gasteiger partial charge in [-0.05, 0) is 61.1 Å². The van der Waals surface area contributed by atoms with Gasteiger partial charge in [-0.1, -0.05) is 44.2 Å². The second-order valence-electron chi connectivity index (χ2n) is 7.28. The monoisotopic (exact) mass is 402 g/mol. The maximum atomic E-state index is 5.82. The van der Waals surface area contributed by atoms with Crippen LogP contribution in [0.25, 0.3) is 0 Å². The van der Waals surface area contributed by atoms with Crippen LogP contribution in [0.5, 0.6) is 0 Å². The van der Waals surface area contributed by atoms with Crippen LogP contribution in [0.15, 0.2) is 52.0 Å². The average Bonchev–Trinajstić information content (AvgIpc) is 3.17. The van der Waals surface area contributed by atoms with Gasteiger partial charge in [0, 0.05) is 17.5 Å². The van der Waals surface area contributed by atoms with Crippen LogP contribution in [-0.2, 0) is 13.1 Å². The molecule has 5 heteroatoms. The predicted molar refractivity (Wildman–Crippen MR) is 118 cm³/mol. The molecule has 0 bridgehead atoms. The standard InChI is InChI=1S/C22H30N2OS2/c1-27-21-13-11-18(12-14-21)16-24(17-20-10-7-15-25-20)22(26)23-19-8-5-3-2-4-6-9-19/h7,10-15,19H,2-6,8-9,16-17H2,1H3,(H,23,26). The molecule has 1 N–H and O–H groups in total. The molecule has 3 rings (SSSR count). The topological polar surface area (TPSA) is 28.4 Å². The zero-order chi connectivity index (χ0) is 18.9. The molecule has 0 saturated heterocycles. The fraction of sp³-hybridized carbons (Fsp3) is 0.500. The summed E-state index contributed by atoms with van der Waals surface area (Å²) in [5.41, 5.74) is 1.26. The number of thiocarbonyl (C=S) groups is 1. The van der Waals surface area contributed by atoms with E-state index in [2.05, 4.69) is 40.7 Å². The molecular formula is C22H30N2OS2. The number of furan rings is 1. The highest BCUT2D eigenvalue weighted by atomic mass is 32.2. The quantitative estimate of drug-likeness (QED) is 0.473. The van der Waals surface area contributed by atoms with Gasteiger partial charge < -0.3 is 14.6 Å². The summed E-state index contributed by atoms with van der Waals surface area (Å²) in [6.07, 6.45) is 13.0. The van der Waals surface area contributed by atoms with Crippen molar-refractivity contribution >= 4 is 29.1 Å². The maximum Gasteiger partial charge on any atom is 0.169 e. The van der Waals surface area contributed by atoms with Crippen LogP contribution < -0.4 is 5.32 Å². The normalized spacial score (nSPS) is 15.7. The molecule has 1 heterocycles. The molecule has 1 aromatic heterocycles. The van der Waals surface area contributed by atoms with Crippen molar-refractivity contribution in [2.45, 2.75) is 69.0 Å². The van der Waals surface area contributed by atoms with Crippen molar-refractivity contribution < 1.29 is 4.42 Å². The summed E-state index contributed by atoms with van der Waals surface area (Å²) in [6.45, 7) is 1.48. The van der Waals surface area contributed by atoms with E-state index in [9.17, 15) is 0 Å². The van der Waals surface area contributed by atoms with Gasteiger partial charge in [0.15, 0.2) is 5.11 Å². The molecule has 1 fully saturated rings. The molecule has 0 atom stereocenters. The highest BCUT2D eigenvalue weighted by Gasteiger charge is 2.17. The van der Waals surface area contributed by atoms with E-state index in [-0.39, 0.29) is 0 Å². The van der Waals surface area contributed by atoms with Crippen LogP contribution in [0.2, 0.25) is 0 Å². The van der Waals surface area contributed by atoms with Gasteiger partial charge in [0.2, 0.25) is 0 Å². The maximum absolute atomic E-state index is 5.82. The van der Waals surface area contributed by atoms with Gasteiger partial charge in [-0.25, -0.2) is 0 Å². The Hall–Kier alpha value is -1.46. The van der Waals surface area contributed by atoms with Gasteiger partial charge in [0.25, 0.3) is 0 Å². The number of thioether (sulfide) groups is 1. The van der Waals surface area contributed by atoms with Gasteiger partial charge in [-0.2, -0.15) is 0 Å². The molecule has 1 saturated carbocycles. The second-order valence-corrected chi connectivity index (χ2v) is 8.54. The average molecular weight is 403 g/mol. The second kappa shape index (κ2) is 10.8. The SMILES string of the molecule is CSc1ccc(CN(Cc2ccco2)C(=S)NC2CCCCCCC2)cc1. The Morgan fingerprint density at radius 2 is 1.78 bits per heavy atom. The Morgan fingerprint density at radius 1 is 1.07 bits per heavy atom. The van der Waals surface area contributed by atoms with Gasteiger partial charge in [0.1, 0.15) is 5.76 Å². The number of hydrogen-bond acceptors (Lipinski definition) is 3. The van der Waals surface area contributed by atoms with E-state index >= 15 is 0 Å². The molecule has 146 valence electrons. The summed E-state index contributed by atoms with van der Waals surface area (Å²) >= 11 is 7.59. The van der Waals surface area contributed by atoms with E-state index in [1.807, 2.05) is 12.1 Å². The first-order chi connectivity index (χ1) is 13.2. The minimum absolute atomic E-state index is 0.496. The van der Waals surface area contributed by atoms with Crippen molar-refractivity contribution in [1.82, 2.24) is 10.2 Å². The molecule has 27 heavy (non-hydrogen) atoms. The lowest BCUT2D eigenvalue weighted by atomic mass is 9.97. The van der Waals surface area contributed by atoms with Crippen molar-refractivity contribution in [1.29, 1.82) is 0 Å². The molecule has 1 aromatic carbocycles. The van der Waals surface area contributed by atoms with Crippen LogP contribution in [-0.4, -0.2) is 22.3 Å². The molecule has 0 amide bonds. The third-order valence-corrected chi connectivity index (χ3v) is 6.30. The highest BCUT2D eigenvalue weighted by molar-refractivity contribution is 7.98. The summed E-state index contributed by atoms with van der Waals surface area (Å²) in [5.74, 6) is 0.942. The third kappa shape index (κ3) is 6.58. The molecule has 1 aliphatic rings. The van der Waals surface area contributed by atoms with Crippen LogP contribution in [0.4, 0.5) is 0 Å².